The highest BCUT2D eigenvalue weighted by atomic mass is 127. The molecule has 7 heteroatoms. The molecule has 1 heterocycles. The molecule has 0 aliphatic heterocycles. The third-order valence-corrected chi connectivity index (χ3v) is 4.12. The van der Waals surface area contributed by atoms with Crippen molar-refractivity contribution < 1.29 is 9.13 Å². The first-order chi connectivity index (χ1) is 9.52. The van der Waals surface area contributed by atoms with Crippen LogP contribution in [0.5, 0.6) is 0 Å². The number of nitrogens with two attached hydrogens (primary N) is 1. The first kappa shape index (κ1) is 15.4. The summed E-state index contributed by atoms with van der Waals surface area (Å²) in [6.45, 7) is 0.329. The maximum Gasteiger partial charge on any atom is 0.145 e. The smallest absolute Gasteiger partial charge is 0.145 e. The Bertz CT molecular complexity index is 639. The van der Waals surface area contributed by atoms with Crippen LogP contribution in [0, 0.1) is 9.39 Å². The minimum atomic E-state index is -0.455. The average molecular weight is 408 g/mol. The van der Waals surface area contributed by atoms with E-state index in [2.05, 4.69) is 32.6 Å². The van der Waals surface area contributed by atoms with E-state index in [1.54, 1.807) is 19.2 Å². The van der Waals surface area contributed by atoms with Gasteiger partial charge in [0.25, 0.3) is 0 Å². The van der Waals surface area contributed by atoms with Crippen molar-refractivity contribution in [2.24, 2.45) is 0 Å². The summed E-state index contributed by atoms with van der Waals surface area (Å²) < 4.78 is 19.7. The second kappa shape index (κ2) is 6.64. The van der Waals surface area contributed by atoms with Crippen LogP contribution < -0.4 is 5.73 Å². The maximum atomic E-state index is 13.9. The molecule has 0 saturated heterocycles. The molecule has 106 valence electrons. The number of rotatable bonds is 4. The Morgan fingerprint density at radius 3 is 2.85 bits per heavy atom. The van der Waals surface area contributed by atoms with Crippen LogP contribution in [-0.4, -0.2) is 17.1 Å². The van der Waals surface area contributed by atoms with Gasteiger partial charge in [-0.3, -0.25) is 0 Å². The molecule has 0 aliphatic carbocycles. The van der Waals surface area contributed by atoms with Gasteiger partial charge in [-0.25, -0.2) is 14.4 Å². The summed E-state index contributed by atoms with van der Waals surface area (Å²) in [5.41, 5.74) is 6.96. The monoisotopic (exact) mass is 407 g/mol. The molecule has 0 amide bonds. The predicted octanol–water partition coefficient (Wildman–Crippen LogP) is 3.19. The highest BCUT2D eigenvalue weighted by Gasteiger charge is 2.13. The number of nitrogens with zero attached hydrogens (tertiary/aromatic N) is 2. The Kier molecular flexibility index (Phi) is 5.11. The largest absolute Gasteiger partial charge is 0.383 e. The molecule has 0 bridgehead atoms. The first-order valence-corrected chi connectivity index (χ1v) is 7.21. The minimum Gasteiger partial charge on any atom is -0.383 e. The summed E-state index contributed by atoms with van der Waals surface area (Å²) in [6.07, 6.45) is 0.226. The number of benzene rings is 1. The maximum absolute atomic E-state index is 13.9. The molecule has 4 nitrogen and oxygen atoms in total. The summed E-state index contributed by atoms with van der Waals surface area (Å²) >= 11 is 7.82. The Balaban J connectivity index is 2.36. The van der Waals surface area contributed by atoms with Crippen molar-refractivity contribution in [2.75, 3.05) is 12.8 Å². The molecule has 0 aliphatic rings. The summed E-state index contributed by atoms with van der Waals surface area (Å²) in [6, 6.07) is 4.83. The zero-order valence-electron chi connectivity index (χ0n) is 10.7. The number of aromatic nitrogens is 2. The van der Waals surface area contributed by atoms with Gasteiger partial charge < -0.3 is 10.5 Å². The average Bonchev–Trinajstić information content (AvgIpc) is 2.41. The van der Waals surface area contributed by atoms with Gasteiger partial charge in [0.05, 0.1) is 20.9 Å². The second-order valence-electron chi connectivity index (χ2n) is 4.11. The van der Waals surface area contributed by atoms with Gasteiger partial charge in [-0.05, 0) is 34.2 Å². The lowest BCUT2D eigenvalue weighted by atomic mass is 10.1. The highest BCUT2D eigenvalue weighted by Crippen LogP contribution is 2.22. The summed E-state index contributed by atoms with van der Waals surface area (Å²) in [5, 5.41) is 0.0816. The molecule has 2 N–H and O–H groups in total. The topological polar surface area (TPSA) is 61.0 Å². The molecule has 2 rings (SSSR count). The fraction of sp³-hybridized carbons (Fsp3) is 0.231. The summed E-state index contributed by atoms with van der Waals surface area (Å²) in [5.74, 6) is 0.351. The molecular weight excluding hydrogens is 396 g/mol. The van der Waals surface area contributed by atoms with Gasteiger partial charge in [0.2, 0.25) is 0 Å². The lowest BCUT2D eigenvalue weighted by molar-refractivity contribution is 0.180. The molecule has 0 atom stereocenters. The lowest BCUT2D eigenvalue weighted by Crippen LogP contribution is -2.09. The number of ether oxygens (including phenoxy) is 1. The van der Waals surface area contributed by atoms with E-state index in [9.17, 15) is 4.39 Å². The Hall–Kier alpha value is -0.990. The van der Waals surface area contributed by atoms with Crippen LogP contribution in [-0.2, 0) is 17.8 Å². The van der Waals surface area contributed by atoms with E-state index in [1.807, 2.05) is 0 Å². The van der Waals surface area contributed by atoms with Gasteiger partial charge >= 0.3 is 0 Å². The highest BCUT2D eigenvalue weighted by molar-refractivity contribution is 14.1. The molecule has 20 heavy (non-hydrogen) atoms. The third kappa shape index (κ3) is 3.36. The summed E-state index contributed by atoms with van der Waals surface area (Å²) in [7, 11) is 1.57. The number of anilines is 1. The van der Waals surface area contributed by atoms with Gasteiger partial charge in [0.15, 0.2) is 0 Å². The molecule has 0 saturated carbocycles. The summed E-state index contributed by atoms with van der Waals surface area (Å²) in [4.78, 5) is 8.53. The van der Waals surface area contributed by atoms with Crippen LogP contribution in [0.3, 0.4) is 0 Å². The van der Waals surface area contributed by atoms with Gasteiger partial charge in [0, 0.05) is 13.5 Å². The zero-order chi connectivity index (χ0) is 14.7. The Morgan fingerprint density at radius 2 is 2.15 bits per heavy atom. The standard InChI is InChI=1S/C13H12ClFIN3O/c1-20-6-9-12(16)13(17)19-10(18-9)5-7-3-2-4-8(14)11(7)15/h2-4H,5-6H2,1H3,(H2,17,18,19). The fourth-order valence-electron chi connectivity index (χ4n) is 1.73. The van der Waals surface area contributed by atoms with Crippen LogP contribution in [0.4, 0.5) is 10.2 Å². The van der Waals surface area contributed by atoms with Crippen LogP contribution >= 0.6 is 34.2 Å². The van der Waals surface area contributed by atoms with Crippen LogP contribution in [0.25, 0.3) is 0 Å². The van der Waals surface area contributed by atoms with Crippen molar-refractivity contribution >= 4 is 40.0 Å². The van der Waals surface area contributed by atoms with E-state index < -0.39 is 5.82 Å². The van der Waals surface area contributed by atoms with Crippen LogP contribution in [0.15, 0.2) is 18.2 Å². The van der Waals surface area contributed by atoms with Gasteiger partial charge in [-0.15, -0.1) is 0 Å². The molecule has 0 unspecified atom stereocenters. The number of hydrogen-bond donors (Lipinski definition) is 1. The molecule has 1 aromatic heterocycles. The van der Waals surface area contributed by atoms with E-state index in [-0.39, 0.29) is 11.4 Å². The van der Waals surface area contributed by atoms with E-state index >= 15 is 0 Å². The van der Waals surface area contributed by atoms with Gasteiger partial charge in [-0.2, -0.15) is 0 Å². The molecule has 0 fully saturated rings. The Morgan fingerprint density at radius 1 is 1.40 bits per heavy atom. The minimum absolute atomic E-state index is 0.0816. The number of halogens is 3. The normalized spacial score (nSPS) is 10.8. The van der Waals surface area contributed by atoms with Crippen molar-refractivity contribution in [2.45, 2.75) is 13.0 Å². The first-order valence-electron chi connectivity index (χ1n) is 5.75. The van der Waals surface area contributed by atoms with Crippen molar-refractivity contribution in [1.82, 2.24) is 9.97 Å². The molecule has 0 radical (unpaired) electrons. The van der Waals surface area contributed by atoms with Gasteiger partial charge in [-0.1, -0.05) is 23.7 Å². The number of nitrogen functional groups attached to an aromatic ring is 1. The lowest BCUT2D eigenvalue weighted by Gasteiger charge is -2.09. The molecular formula is C13H12ClFIN3O. The number of hydrogen-bond acceptors (Lipinski definition) is 4. The fourth-order valence-corrected chi connectivity index (χ4v) is 2.32. The molecule has 0 spiro atoms. The van der Waals surface area contributed by atoms with Crippen molar-refractivity contribution in [3.63, 3.8) is 0 Å². The third-order valence-electron chi connectivity index (χ3n) is 2.65. The predicted molar refractivity (Wildman–Crippen MR) is 84.1 cm³/mol. The molecule has 1 aromatic carbocycles. The number of methoxy groups -OCH3 is 1. The SMILES string of the molecule is COCc1nc(Cc2cccc(Cl)c2F)nc(N)c1I. The van der Waals surface area contributed by atoms with Gasteiger partial charge in [0.1, 0.15) is 17.5 Å². The van der Waals surface area contributed by atoms with E-state index in [4.69, 9.17) is 22.1 Å². The second-order valence-corrected chi connectivity index (χ2v) is 5.59. The van der Waals surface area contributed by atoms with Crippen LogP contribution in [0.1, 0.15) is 17.1 Å². The van der Waals surface area contributed by atoms with Crippen molar-refractivity contribution in [3.05, 3.63) is 49.7 Å². The van der Waals surface area contributed by atoms with Crippen molar-refractivity contribution in [1.29, 1.82) is 0 Å². The Labute approximate surface area is 134 Å². The van der Waals surface area contributed by atoms with E-state index in [0.29, 0.717) is 29.5 Å². The van der Waals surface area contributed by atoms with Crippen molar-refractivity contribution in [3.8, 4) is 0 Å². The zero-order valence-corrected chi connectivity index (χ0v) is 13.6. The van der Waals surface area contributed by atoms with Crippen LogP contribution in [0.2, 0.25) is 5.02 Å². The van der Waals surface area contributed by atoms with E-state index in [1.165, 1.54) is 6.07 Å². The quantitative estimate of drug-likeness (QED) is 0.791. The molecule has 2 aromatic rings. The van der Waals surface area contributed by atoms with E-state index in [0.717, 1.165) is 3.57 Å².